The van der Waals surface area contributed by atoms with E-state index in [0.29, 0.717) is 13.2 Å². The van der Waals surface area contributed by atoms with Crippen molar-refractivity contribution in [2.45, 2.75) is 50.8 Å². The summed E-state index contributed by atoms with van der Waals surface area (Å²) in [6.07, 6.45) is -0.659. The number of nitrogens with zero attached hydrogens (tertiary/aromatic N) is 1. The summed E-state index contributed by atoms with van der Waals surface area (Å²) in [7, 11) is 1.60. The van der Waals surface area contributed by atoms with Gasteiger partial charge in [-0.3, -0.25) is 0 Å². The van der Waals surface area contributed by atoms with E-state index in [1.165, 1.54) is 6.21 Å². The average molecular weight is 381 g/mol. The number of methoxy groups -OCH3 is 1. The summed E-state index contributed by atoms with van der Waals surface area (Å²) in [5.41, 5.74) is 0.913. The molecule has 0 amide bonds. The van der Waals surface area contributed by atoms with Crippen molar-refractivity contribution in [2.24, 2.45) is 0 Å². The third-order valence-electron chi connectivity index (χ3n) is 4.30. The highest BCUT2D eigenvalue weighted by molar-refractivity contribution is 5.60. The molecule has 0 aliphatic carbocycles. The Morgan fingerprint density at radius 2 is 1.96 bits per heavy atom. The van der Waals surface area contributed by atoms with Gasteiger partial charge in [-0.1, -0.05) is 30.3 Å². The fourth-order valence-corrected chi connectivity index (χ4v) is 3.12. The van der Waals surface area contributed by atoms with Crippen LogP contribution in [0.3, 0.4) is 0 Å². The molecule has 0 N–H and O–H groups in total. The third-order valence-corrected chi connectivity index (χ3v) is 4.30. The van der Waals surface area contributed by atoms with Crippen LogP contribution < -0.4 is 0 Å². The smallest absolute Gasteiger partial charge is 0.190 e. The lowest BCUT2D eigenvalue weighted by atomic mass is 10.1. The molecule has 0 aromatic heterocycles. The summed E-state index contributed by atoms with van der Waals surface area (Å²) in [6, 6.07) is 9.50. The molecule has 2 fully saturated rings. The first-order valence-electron chi connectivity index (χ1n) is 9.00. The van der Waals surface area contributed by atoms with Gasteiger partial charge in [-0.05, 0) is 13.8 Å². The van der Waals surface area contributed by atoms with Crippen molar-refractivity contribution in [1.82, 2.24) is 0 Å². The molecular formula is C19H27NO7. The zero-order valence-corrected chi connectivity index (χ0v) is 15.9. The maximum atomic E-state index is 12.4. The van der Waals surface area contributed by atoms with E-state index in [9.17, 15) is 5.21 Å². The zero-order chi connectivity index (χ0) is 19.3. The van der Waals surface area contributed by atoms with E-state index in [2.05, 4.69) is 0 Å². The summed E-state index contributed by atoms with van der Waals surface area (Å²) in [5, 5.41) is 12.4. The van der Waals surface area contributed by atoms with Gasteiger partial charge >= 0.3 is 0 Å². The Morgan fingerprint density at radius 3 is 2.70 bits per heavy atom. The Morgan fingerprint density at radius 1 is 1.19 bits per heavy atom. The molecule has 0 spiro atoms. The maximum absolute atomic E-state index is 12.4. The summed E-state index contributed by atoms with van der Waals surface area (Å²) in [5.74, 6) is -0.764. The molecule has 1 aromatic rings. The van der Waals surface area contributed by atoms with Crippen LogP contribution in [0.4, 0.5) is 0 Å². The molecule has 0 bridgehead atoms. The van der Waals surface area contributed by atoms with E-state index < -0.39 is 30.4 Å². The normalized spacial score (nSPS) is 29.8. The van der Waals surface area contributed by atoms with Gasteiger partial charge in [0.05, 0.1) is 13.2 Å². The Bertz CT molecular complexity index is 622. The van der Waals surface area contributed by atoms with Gasteiger partial charge in [0.2, 0.25) is 0 Å². The average Bonchev–Trinajstić information content (AvgIpc) is 3.07. The maximum Gasteiger partial charge on any atom is 0.190 e. The second-order valence-electron chi connectivity index (χ2n) is 6.93. The fourth-order valence-electron chi connectivity index (χ4n) is 3.12. The van der Waals surface area contributed by atoms with Crippen LogP contribution in [0.2, 0.25) is 0 Å². The minimum atomic E-state index is -0.764. The van der Waals surface area contributed by atoms with Crippen molar-refractivity contribution in [3.05, 3.63) is 41.1 Å². The number of hydrogen-bond donors (Lipinski definition) is 0. The van der Waals surface area contributed by atoms with E-state index in [-0.39, 0.29) is 13.3 Å². The predicted molar refractivity (Wildman–Crippen MR) is 96.1 cm³/mol. The van der Waals surface area contributed by atoms with Crippen molar-refractivity contribution >= 4 is 6.21 Å². The number of benzene rings is 1. The minimum absolute atomic E-state index is 0.0479. The first kappa shape index (κ1) is 20.2. The van der Waals surface area contributed by atoms with Crippen LogP contribution in [0.25, 0.3) is 0 Å². The van der Waals surface area contributed by atoms with Crippen molar-refractivity contribution in [1.29, 1.82) is 0 Å². The lowest BCUT2D eigenvalue weighted by molar-refractivity contribution is -0.473. The highest BCUT2D eigenvalue weighted by atomic mass is 16.8. The Labute approximate surface area is 159 Å². The van der Waals surface area contributed by atoms with Crippen LogP contribution in [0.15, 0.2) is 30.3 Å². The highest BCUT2D eigenvalue weighted by Gasteiger charge is 2.56. The summed E-state index contributed by atoms with van der Waals surface area (Å²) < 4.78 is 34.5. The molecule has 8 heteroatoms. The first-order chi connectivity index (χ1) is 13.0. The molecule has 2 heterocycles. The van der Waals surface area contributed by atoms with Crippen LogP contribution in [-0.2, 0) is 35.0 Å². The molecule has 3 rings (SSSR count). The van der Waals surface area contributed by atoms with Crippen molar-refractivity contribution in [2.75, 3.05) is 27.1 Å². The van der Waals surface area contributed by atoms with Gasteiger partial charge < -0.3 is 33.6 Å². The summed E-state index contributed by atoms with van der Waals surface area (Å²) >= 11 is 0. The molecule has 27 heavy (non-hydrogen) atoms. The third kappa shape index (κ3) is 5.47. The van der Waals surface area contributed by atoms with Gasteiger partial charge in [0.25, 0.3) is 0 Å². The SMILES string of the molecule is COCCOCO[C@@H]1[C@H]2OC(C)(C)O[C@H]2O[C@@H]1/C=[N+](\[O-])Cc1ccccc1. The Kier molecular flexibility index (Phi) is 6.80. The van der Waals surface area contributed by atoms with Gasteiger partial charge in [-0.25, -0.2) is 4.74 Å². The topological polar surface area (TPSA) is 81.5 Å². The van der Waals surface area contributed by atoms with Crippen LogP contribution in [0.5, 0.6) is 0 Å². The molecular weight excluding hydrogens is 354 g/mol. The van der Waals surface area contributed by atoms with Gasteiger partial charge in [0.15, 0.2) is 30.9 Å². The summed E-state index contributed by atoms with van der Waals surface area (Å²) in [6.45, 7) is 4.79. The standard InChI is InChI=1S/C19H27NO7/c1-19(2)26-17-16(24-13-23-10-9-22-3)15(25-18(17)27-19)12-20(21)11-14-7-5-4-6-8-14/h4-8,12,15-18H,9-11,13H2,1-3H3/b20-12-/t15-,16+,17-,18-/m1/s1. The monoisotopic (exact) mass is 381 g/mol. The largest absolute Gasteiger partial charge is 0.624 e. The molecule has 0 radical (unpaired) electrons. The number of rotatable bonds is 9. The van der Waals surface area contributed by atoms with Crippen molar-refractivity contribution in [3.63, 3.8) is 0 Å². The lowest BCUT2D eigenvalue weighted by Gasteiger charge is -2.23. The van der Waals surface area contributed by atoms with Gasteiger partial charge in [-0.2, -0.15) is 0 Å². The van der Waals surface area contributed by atoms with Crippen LogP contribution in [0, 0.1) is 5.21 Å². The molecule has 2 aliphatic rings. The van der Waals surface area contributed by atoms with Gasteiger partial charge in [0.1, 0.15) is 19.0 Å². The zero-order valence-electron chi connectivity index (χ0n) is 15.9. The Balaban J connectivity index is 1.63. The highest BCUT2D eigenvalue weighted by Crippen LogP contribution is 2.38. The van der Waals surface area contributed by atoms with Crippen molar-refractivity contribution < 1.29 is 33.2 Å². The van der Waals surface area contributed by atoms with Crippen LogP contribution in [-0.4, -0.2) is 68.5 Å². The van der Waals surface area contributed by atoms with E-state index in [1.807, 2.05) is 44.2 Å². The first-order valence-corrected chi connectivity index (χ1v) is 9.00. The van der Waals surface area contributed by atoms with Gasteiger partial charge in [-0.15, -0.1) is 0 Å². The number of fused-ring (bicyclic) bond motifs is 1. The molecule has 2 aliphatic heterocycles. The predicted octanol–water partition coefficient (Wildman–Crippen LogP) is 1.65. The molecule has 1 aromatic carbocycles. The molecule has 2 saturated heterocycles. The number of hydroxylamine groups is 1. The quantitative estimate of drug-likeness (QED) is 0.161. The van der Waals surface area contributed by atoms with E-state index in [1.54, 1.807) is 7.11 Å². The van der Waals surface area contributed by atoms with Crippen molar-refractivity contribution in [3.8, 4) is 0 Å². The molecule has 8 nitrogen and oxygen atoms in total. The molecule has 4 atom stereocenters. The van der Waals surface area contributed by atoms with Crippen LogP contribution >= 0.6 is 0 Å². The second kappa shape index (κ2) is 9.09. The minimum Gasteiger partial charge on any atom is -0.624 e. The van der Waals surface area contributed by atoms with Crippen LogP contribution in [0.1, 0.15) is 19.4 Å². The lowest BCUT2D eigenvalue weighted by Crippen LogP contribution is -2.39. The van der Waals surface area contributed by atoms with E-state index in [4.69, 9.17) is 28.4 Å². The molecule has 0 unspecified atom stereocenters. The number of ether oxygens (including phenoxy) is 6. The van der Waals surface area contributed by atoms with E-state index in [0.717, 1.165) is 10.3 Å². The fraction of sp³-hybridized carbons (Fsp3) is 0.632. The number of hydrogen-bond acceptors (Lipinski definition) is 7. The molecule has 150 valence electrons. The van der Waals surface area contributed by atoms with E-state index >= 15 is 0 Å². The Hall–Kier alpha value is -1.55. The van der Waals surface area contributed by atoms with Gasteiger partial charge in [0, 0.05) is 12.7 Å². The summed E-state index contributed by atoms with van der Waals surface area (Å²) in [4.78, 5) is 0. The second-order valence-corrected chi connectivity index (χ2v) is 6.93. The molecule has 0 saturated carbocycles.